The quantitative estimate of drug-likeness (QED) is 0.555. The van der Waals surface area contributed by atoms with Gasteiger partial charge in [0.2, 0.25) is 0 Å². The second kappa shape index (κ2) is 10.2. The number of anilines is 1. The maximum atomic E-state index is 12.1. The van der Waals surface area contributed by atoms with Gasteiger partial charge in [-0.25, -0.2) is 4.79 Å². The Balaban J connectivity index is 1.92. The van der Waals surface area contributed by atoms with E-state index in [0.717, 1.165) is 28.8 Å². The van der Waals surface area contributed by atoms with Crippen LogP contribution in [0.4, 0.5) is 5.69 Å². The van der Waals surface area contributed by atoms with Crippen LogP contribution in [0.25, 0.3) is 6.08 Å². The summed E-state index contributed by atoms with van der Waals surface area (Å²) in [6, 6.07) is 11.1. The van der Waals surface area contributed by atoms with Gasteiger partial charge in [-0.05, 0) is 48.2 Å². The van der Waals surface area contributed by atoms with Crippen LogP contribution in [-0.2, 0) is 20.7 Å². The lowest BCUT2D eigenvalue weighted by molar-refractivity contribution is -0.142. The van der Waals surface area contributed by atoms with Crippen LogP contribution in [0.5, 0.6) is 11.5 Å². The maximum absolute atomic E-state index is 12.1. The lowest BCUT2D eigenvalue weighted by Gasteiger charge is -2.12. The van der Waals surface area contributed by atoms with E-state index in [9.17, 15) is 9.59 Å². The monoisotopic (exact) mass is 383 g/mol. The number of hydrogen-bond acceptors (Lipinski definition) is 5. The minimum Gasteiger partial charge on any atom is -0.493 e. The molecule has 6 heteroatoms. The number of rotatable bonds is 8. The fourth-order valence-electron chi connectivity index (χ4n) is 2.68. The number of carbonyl (C=O) groups is 2. The zero-order chi connectivity index (χ0) is 20.5. The predicted molar refractivity (Wildman–Crippen MR) is 109 cm³/mol. The third kappa shape index (κ3) is 5.61. The minimum atomic E-state index is -0.606. The van der Waals surface area contributed by atoms with E-state index in [4.69, 9.17) is 14.2 Å². The van der Waals surface area contributed by atoms with E-state index in [0.29, 0.717) is 11.5 Å². The highest BCUT2D eigenvalue weighted by Crippen LogP contribution is 2.28. The average Bonchev–Trinajstić information content (AvgIpc) is 2.71. The maximum Gasteiger partial charge on any atom is 0.331 e. The highest BCUT2D eigenvalue weighted by Gasteiger charge is 2.10. The van der Waals surface area contributed by atoms with Crippen LogP contribution in [0.1, 0.15) is 23.6 Å². The van der Waals surface area contributed by atoms with Crippen LogP contribution in [0.2, 0.25) is 0 Å². The normalized spacial score (nSPS) is 10.6. The highest BCUT2D eigenvalue weighted by atomic mass is 16.5. The Morgan fingerprint density at radius 3 is 2.50 bits per heavy atom. The molecule has 0 heterocycles. The topological polar surface area (TPSA) is 73.9 Å². The first-order valence-corrected chi connectivity index (χ1v) is 8.93. The van der Waals surface area contributed by atoms with Gasteiger partial charge in [0.05, 0.1) is 14.2 Å². The molecule has 0 aliphatic carbocycles. The fourth-order valence-corrected chi connectivity index (χ4v) is 2.68. The van der Waals surface area contributed by atoms with E-state index in [-0.39, 0.29) is 12.5 Å². The number of methoxy groups -OCH3 is 2. The van der Waals surface area contributed by atoms with Crippen LogP contribution in [0, 0.1) is 6.92 Å². The van der Waals surface area contributed by atoms with Crippen molar-refractivity contribution in [1.82, 2.24) is 0 Å². The Bertz CT molecular complexity index is 873. The molecule has 0 bridgehead atoms. The number of hydrogen-bond donors (Lipinski definition) is 1. The number of esters is 1. The van der Waals surface area contributed by atoms with Crippen molar-refractivity contribution in [2.45, 2.75) is 20.3 Å². The number of aryl methyl sites for hydroxylation is 2. The Labute approximate surface area is 165 Å². The molecule has 0 aliphatic heterocycles. The van der Waals surface area contributed by atoms with Gasteiger partial charge in [-0.2, -0.15) is 0 Å². The number of para-hydroxylation sites is 1. The molecule has 1 N–H and O–H groups in total. The standard InChI is InChI=1S/C22H25NO5/c1-5-17-8-6-7-15(2)22(17)23-20(24)14-28-21(25)12-10-16-9-11-18(26-3)19(13-16)27-4/h6-13H,5,14H2,1-4H3,(H,23,24). The smallest absolute Gasteiger partial charge is 0.331 e. The zero-order valence-electron chi connectivity index (χ0n) is 16.6. The molecule has 2 aromatic carbocycles. The van der Waals surface area contributed by atoms with Crippen molar-refractivity contribution in [2.24, 2.45) is 0 Å². The Kier molecular flexibility index (Phi) is 7.63. The van der Waals surface area contributed by atoms with Crippen molar-refractivity contribution in [3.8, 4) is 11.5 Å². The second-order valence-corrected chi connectivity index (χ2v) is 6.07. The van der Waals surface area contributed by atoms with Crippen molar-refractivity contribution in [3.63, 3.8) is 0 Å². The van der Waals surface area contributed by atoms with Crippen molar-refractivity contribution < 1.29 is 23.8 Å². The van der Waals surface area contributed by atoms with E-state index in [1.165, 1.54) is 13.2 Å². The summed E-state index contributed by atoms with van der Waals surface area (Å²) in [5, 5.41) is 2.82. The third-order valence-electron chi connectivity index (χ3n) is 4.17. The van der Waals surface area contributed by atoms with Gasteiger partial charge in [-0.15, -0.1) is 0 Å². The summed E-state index contributed by atoms with van der Waals surface area (Å²) in [5.41, 5.74) is 3.51. The first-order valence-electron chi connectivity index (χ1n) is 8.93. The lowest BCUT2D eigenvalue weighted by Crippen LogP contribution is -2.21. The molecule has 0 atom stereocenters. The Hall–Kier alpha value is -3.28. The SMILES string of the molecule is CCc1cccc(C)c1NC(=O)COC(=O)C=Cc1ccc(OC)c(OC)c1. The first kappa shape index (κ1) is 21.0. The Morgan fingerprint density at radius 1 is 1.07 bits per heavy atom. The van der Waals surface area contributed by atoms with Crippen LogP contribution in [0.3, 0.4) is 0 Å². The summed E-state index contributed by atoms with van der Waals surface area (Å²) < 4.78 is 15.4. The summed E-state index contributed by atoms with van der Waals surface area (Å²) in [4.78, 5) is 24.0. The van der Waals surface area contributed by atoms with Gasteiger partial charge in [-0.3, -0.25) is 4.79 Å². The number of ether oxygens (including phenoxy) is 3. The molecule has 0 aliphatic rings. The largest absolute Gasteiger partial charge is 0.493 e. The van der Waals surface area contributed by atoms with Gasteiger partial charge in [0.1, 0.15) is 0 Å². The number of benzene rings is 2. The lowest BCUT2D eigenvalue weighted by atomic mass is 10.1. The van der Waals surface area contributed by atoms with Gasteiger partial charge >= 0.3 is 5.97 Å². The molecule has 148 valence electrons. The molecule has 2 aromatic rings. The van der Waals surface area contributed by atoms with Gasteiger partial charge in [-0.1, -0.05) is 31.2 Å². The third-order valence-corrected chi connectivity index (χ3v) is 4.17. The molecule has 2 rings (SSSR count). The van der Waals surface area contributed by atoms with Crippen molar-refractivity contribution >= 4 is 23.6 Å². The van der Waals surface area contributed by atoms with Crippen LogP contribution >= 0.6 is 0 Å². The minimum absolute atomic E-state index is 0.355. The van der Waals surface area contributed by atoms with Crippen LogP contribution < -0.4 is 14.8 Å². The summed E-state index contributed by atoms with van der Waals surface area (Å²) >= 11 is 0. The molecule has 0 saturated carbocycles. The summed E-state index contributed by atoms with van der Waals surface area (Å²) in [6.45, 7) is 3.59. The molecule has 1 amide bonds. The van der Waals surface area contributed by atoms with Crippen molar-refractivity contribution in [3.05, 3.63) is 59.2 Å². The molecule has 0 fully saturated rings. The van der Waals surface area contributed by atoms with E-state index >= 15 is 0 Å². The molecule has 6 nitrogen and oxygen atoms in total. The average molecular weight is 383 g/mol. The summed E-state index contributed by atoms with van der Waals surface area (Å²) in [5.74, 6) is 0.172. The summed E-state index contributed by atoms with van der Waals surface area (Å²) in [6.07, 6.45) is 3.64. The molecule has 0 spiro atoms. The molecule has 0 saturated heterocycles. The van der Waals surface area contributed by atoms with E-state index in [2.05, 4.69) is 5.32 Å². The van der Waals surface area contributed by atoms with Crippen molar-refractivity contribution in [2.75, 3.05) is 26.1 Å². The Morgan fingerprint density at radius 2 is 1.82 bits per heavy atom. The zero-order valence-corrected chi connectivity index (χ0v) is 16.6. The van der Waals surface area contributed by atoms with Gasteiger partial charge in [0, 0.05) is 11.8 Å². The molecule has 0 unspecified atom stereocenters. The highest BCUT2D eigenvalue weighted by molar-refractivity contribution is 5.95. The number of amides is 1. The molecule has 28 heavy (non-hydrogen) atoms. The van der Waals surface area contributed by atoms with Crippen molar-refractivity contribution in [1.29, 1.82) is 0 Å². The van der Waals surface area contributed by atoms with Crippen LogP contribution in [0.15, 0.2) is 42.5 Å². The molecular weight excluding hydrogens is 358 g/mol. The number of nitrogens with one attached hydrogen (secondary N) is 1. The van der Waals surface area contributed by atoms with Crippen LogP contribution in [-0.4, -0.2) is 32.7 Å². The van der Waals surface area contributed by atoms with Gasteiger partial charge in [0.25, 0.3) is 5.91 Å². The van der Waals surface area contributed by atoms with E-state index < -0.39 is 5.97 Å². The predicted octanol–water partition coefficient (Wildman–Crippen LogP) is 3.77. The first-order chi connectivity index (χ1) is 13.5. The molecular formula is C22H25NO5. The molecule has 0 aromatic heterocycles. The van der Waals surface area contributed by atoms with E-state index in [1.807, 2.05) is 32.0 Å². The van der Waals surface area contributed by atoms with Gasteiger partial charge in [0.15, 0.2) is 18.1 Å². The molecule has 0 radical (unpaired) electrons. The second-order valence-electron chi connectivity index (χ2n) is 6.07. The fraction of sp³-hybridized carbons (Fsp3) is 0.273. The summed E-state index contributed by atoms with van der Waals surface area (Å²) in [7, 11) is 3.09. The number of carbonyl (C=O) groups excluding carboxylic acids is 2. The van der Waals surface area contributed by atoms with E-state index in [1.54, 1.807) is 31.4 Å². The van der Waals surface area contributed by atoms with Gasteiger partial charge < -0.3 is 19.5 Å².